The molecule has 1 aromatic heterocycles. The van der Waals surface area contributed by atoms with Crippen molar-refractivity contribution in [2.75, 3.05) is 38.5 Å². The number of ether oxygens (including phenoxy) is 2. The number of hydrogen-bond acceptors (Lipinski definition) is 8. The molecule has 0 bridgehead atoms. The number of benzene rings is 2. The normalized spacial score (nSPS) is 11.5. The van der Waals surface area contributed by atoms with E-state index in [0.717, 1.165) is 17.0 Å². The van der Waals surface area contributed by atoms with E-state index in [1.807, 2.05) is 50.2 Å². The lowest BCUT2D eigenvalue weighted by Gasteiger charge is -2.10. The second kappa shape index (κ2) is 12.5. The summed E-state index contributed by atoms with van der Waals surface area (Å²) in [5.74, 6) is 1.34. The van der Waals surface area contributed by atoms with E-state index < -0.39 is 0 Å². The first-order valence-electron chi connectivity index (χ1n) is 10.7. The Balaban J connectivity index is 1.67. The van der Waals surface area contributed by atoms with Gasteiger partial charge in [-0.05, 0) is 63.0 Å². The summed E-state index contributed by atoms with van der Waals surface area (Å²) in [6.45, 7) is 2.53. The summed E-state index contributed by atoms with van der Waals surface area (Å²) in [5, 5.41) is 7.35. The lowest BCUT2D eigenvalue weighted by Crippen LogP contribution is -2.12. The predicted octanol–water partition coefficient (Wildman–Crippen LogP) is 4.82. The molecule has 3 aromatic rings. The molecule has 35 heavy (non-hydrogen) atoms. The molecule has 0 fully saturated rings. The highest BCUT2D eigenvalue weighted by molar-refractivity contribution is 6.31. The average molecular weight is 495 g/mol. The van der Waals surface area contributed by atoms with Crippen LogP contribution in [0.25, 0.3) is 0 Å². The molecule has 0 spiro atoms. The number of anilines is 2. The standard InChI is InChI=1S/C25H27ClN6O3/c1-17(18-10-12-20(34-4)13-11-18)30-31-25-27-16-22(26)24(29-25)35-21-8-5-7-19(15-21)28-23(33)9-6-14-32(2)3/h5-13,15-16H,14H2,1-4H3,(H,28,33)(H,27,29,31)/b9-6+,30-17+. The molecule has 0 unspecified atom stereocenters. The summed E-state index contributed by atoms with van der Waals surface area (Å²) >= 11 is 6.23. The number of nitrogens with zero attached hydrogens (tertiary/aromatic N) is 4. The van der Waals surface area contributed by atoms with Gasteiger partial charge in [0.15, 0.2) is 0 Å². The first-order chi connectivity index (χ1) is 16.8. The molecule has 0 saturated carbocycles. The zero-order valence-electron chi connectivity index (χ0n) is 19.9. The molecule has 1 amide bonds. The fourth-order valence-corrected chi connectivity index (χ4v) is 2.94. The molecular weight excluding hydrogens is 468 g/mol. The predicted molar refractivity (Wildman–Crippen MR) is 139 cm³/mol. The Labute approximate surface area is 209 Å². The second-order valence-corrected chi connectivity index (χ2v) is 8.08. The Morgan fingerprint density at radius 2 is 1.94 bits per heavy atom. The third-order valence-corrected chi connectivity index (χ3v) is 4.86. The van der Waals surface area contributed by atoms with Crippen molar-refractivity contribution in [1.29, 1.82) is 0 Å². The van der Waals surface area contributed by atoms with E-state index in [2.05, 4.69) is 25.8 Å². The van der Waals surface area contributed by atoms with Crippen LogP contribution in [-0.2, 0) is 4.79 Å². The van der Waals surface area contributed by atoms with E-state index >= 15 is 0 Å². The smallest absolute Gasteiger partial charge is 0.248 e. The van der Waals surface area contributed by atoms with Crippen LogP contribution in [0.3, 0.4) is 0 Å². The molecule has 1 heterocycles. The molecule has 0 radical (unpaired) electrons. The van der Waals surface area contributed by atoms with Gasteiger partial charge in [-0.1, -0.05) is 23.7 Å². The van der Waals surface area contributed by atoms with Gasteiger partial charge < -0.3 is 19.7 Å². The Morgan fingerprint density at radius 3 is 2.66 bits per heavy atom. The lowest BCUT2D eigenvalue weighted by molar-refractivity contribution is -0.111. The number of aromatic nitrogens is 2. The minimum atomic E-state index is -0.236. The fraction of sp³-hybridized carbons (Fsp3) is 0.200. The number of rotatable bonds is 10. The summed E-state index contributed by atoms with van der Waals surface area (Å²) in [5.41, 5.74) is 5.04. The van der Waals surface area contributed by atoms with Crippen LogP contribution >= 0.6 is 11.6 Å². The van der Waals surface area contributed by atoms with Crippen molar-refractivity contribution in [3.05, 3.63) is 77.5 Å². The van der Waals surface area contributed by atoms with Crippen molar-refractivity contribution < 1.29 is 14.3 Å². The molecular formula is C25H27ClN6O3. The number of likely N-dealkylation sites (N-methyl/N-ethyl adjacent to an activating group) is 1. The Bertz CT molecular complexity index is 1210. The van der Waals surface area contributed by atoms with E-state index in [1.165, 1.54) is 12.3 Å². The zero-order valence-corrected chi connectivity index (χ0v) is 20.7. The average Bonchev–Trinajstić information content (AvgIpc) is 2.84. The van der Waals surface area contributed by atoms with Gasteiger partial charge in [-0.15, -0.1) is 0 Å². The topological polar surface area (TPSA) is 101 Å². The zero-order chi connectivity index (χ0) is 25.2. The molecule has 182 valence electrons. The van der Waals surface area contributed by atoms with Crippen LogP contribution in [0, 0.1) is 0 Å². The van der Waals surface area contributed by atoms with Gasteiger partial charge in [-0.25, -0.2) is 10.4 Å². The van der Waals surface area contributed by atoms with Gasteiger partial charge in [0, 0.05) is 24.4 Å². The van der Waals surface area contributed by atoms with E-state index in [0.29, 0.717) is 18.0 Å². The Hall–Kier alpha value is -3.95. The van der Waals surface area contributed by atoms with E-state index in [-0.39, 0.29) is 22.8 Å². The van der Waals surface area contributed by atoms with Gasteiger partial charge in [-0.3, -0.25) is 4.79 Å². The van der Waals surface area contributed by atoms with Crippen LogP contribution in [-0.4, -0.2) is 54.2 Å². The molecule has 0 atom stereocenters. The number of halogens is 1. The Morgan fingerprint density at radius 1 is 1.17 bits per heavy atom. The van der Waals surface area contributed by atoms with E-state index in [1.54, 1.807) is 37.5 Å². The molecule has 2 aromatic carbocycles. The largest absolute Gasteiger partial charge is 0.497 e. The van der Waals surface area contributed by atoms with Crippen LogP contribution in [0.15, 0.2) is 72.0 Å². The quantitative estimate of drug-likeness (QED) is 0.236. The highest BCUT2D eigenvalue weighted by Crippen LogP contribution is 2.29. The monoisotopic (exact) mass is 494 g/mol. The van der Waals surface area contributed by atoms with Crippen molar-refractivity contribution in [3.63, 3.8) is 0 Å². The maximum Gasteiger partial charge on any atom is 0.248 e. The van der Waals surface area contributed by atoms with Crippen molar-refractivity contribution in [3.8, 4) is 17.4 Å². The number of hydrazone groups is 1. The maximum absolute atomic E-state index is 12.1. The number of methoxy groups -OCH3 is 1. The molecule has 2 N–H and O–H groups in total. The van der Waals surface area contributed by atoms with Crippen LogP contribution in [0.5, 0.6) is 17.4 Å². The summed E-state index contributed by atoms with van der Waals surface area (Å²) in [7, 11) is 5.47. The number of amides is 1. The van der Waals surface area contributed by atoms with Crippen LogP contribution in [0.4, 0.5) is 11.6 Å². The van der Waals surface area contributed by atoms with Gasteiger partial charge in [0.05, 0.1) is 19.0 Å². The minimum absolute atomic E-state index is 0.149. The first-order valence-corrected chi connectivity index (χ1v) is 11.1. The van der Waals surface area contributed by atoms with Crippen molar-refractivity contribution in [2.24, 2.45) is 5.10 Å². The van der Waals surface area contributed by atoms with Crippen molar-refractivity contribution >= 4 is 34.9 Å². The van der Waals surface area contributed by atoms with Crippen molar-refractivity contribution in [2.45, 2.75) is 6.92 Å². The minimum Gasteiger partial charge on any atom is -0.497 e. The molecule has 0 aliphatic rings. The Kier molecular flexibility index (Phi) is 9.16. The van der Waals surface area contributed by atoms with Gasteiger partial charge in [0.2, 0.25) is 17.7 Å². The molecule has 9 nitrogen and oxygen atoms in total. The van der Waals surface area contributed by atoms with Crippen LogP contribution < -0.4 is 20.2 Å². The number of nitrogens with one attached hydrogen (secondary N) is 2. The van der Waals surface area contributed by atoms with Gasteiger partial charge in [0.25, 0.3) is 0 Å². The van der Waals surface area contributed by atoms with E-state index in [9.17, 15) is 4.79 Å². The van der Waals surface area contributed by atoms with Crippen molar-refractivity contribution in [1.82, 2.24) is 14.9 Å². The lowest BCUT2D eigenvalue weighted by atomic mass is 10.1. The molecule has 0 aliphatic carbocycles. The first kappa shape index (κ1) is 25.7. The summed E-state index contributed by atoms with van der Waals surface area (Å²) in [6.07, 6.45) is 4.69. The fourth-order valence-electron chi connectivity index (χ4n) is 2.81. The SMILES string of the molecule is COc1ccc(/C(C)=N/Nc2ncc(Cl)c(Oc3cccc(NC(=O)/C=C/CN(C)C)c3)n2)cc1. The van der Waals surface area contributed by atoms with Gasteiger partial charge in [-0.2, -0.15) is 10.1 Å². The maximum atomic E-state index is 12.1. The molecule has 0 saturated heterocycles. The van der Waals surface area contributed by atoms with Crippen LogP contribution in [0.2, 0.25) is 5.02 Å². The molecule has 0 aliphatic heterocycles. The summed E-state index contributed by atoms with van der Waals surface area (Å²) < 4.78 is 11.0. The summed E-state index contributed by atoms with van der Waals surface area (Å²) in [6, 6.07) is 14.4. The van der Waals surface area contributed by atoms with Gasteiger partial charge >= 0.3 is 0 Å². The van der Waals surface area contributed by atoms with Crippen LogP contribution in [0.1, 0.15) is 12.5 Å². The van der Waals surface area contributed by atoms with Gasteiger partial charge in [0.1, 0.15) is 16.5 Å². The number of carbonyl (C=O) groups is 1. The second-order valence-electron chi connectivity index (χ2n) is 7.67. The highest BCUT2D eigenvalue weighted by Gasteiger charge is 2.09. The highest BCUT2D eigenvalue weighted by atomic mass is 35.5. The summed E-state index contributed by atoms with van der Waals surface area (Å²) in [4.78, 5) is 22.5. The third kappa shape index (κ3) is 8.09. The van der Waals surface area contributed by atoms with E-state index in [4.69, 9.17) is 21.1 Å². The third-order valence-electron chi connectivity index (χ3n) is 4.60. The molecule has 10 heteroatoms. The molecule has 3 rings (SSSR count). The number of hydrogen-bond donors (Lipinski definition) is 2. The number of carbonyl (C=O) groups excluding carboxylic acids is 1.